The second-order valence-electron chi connectivity index (χ2n) is 8.78. The lowest BCUT2D eigenvalue weighted by Crippen LogP contribution is -2.58. The molecule has 0 atom stereocenters. The highest BCUT2D eigenvalue weighted by molar-refractivity contribution is 6.10. The molecule has 3 heteroatoms. The Kier molecular flexibility index (Phi) is 3.74. The van der Waals surface area contributed by atoms with E-state index in [1.807, 2.05) is 12.1 Å². The van der Waals surface area contributed by atoms with E-state index in [-0.39, 0.29) is 0 Å². The highest BCUT2D eigenvalue weighted by Gasteiger charge is 2.50. The SMILES string of the molecule is COc1ccc(C2=NCC(CNC34CC5CC(CC(C5)C3)C4)=C2)cc1. The lowest BCUT2D eigenvalue weighted by atomic mass is 9.53. The van der Waals surface area contributed by atoms with Crippen LogP contribution in [0.4, 0.5) is 0 Å². The summed E-state index contributed by atoms with van der Waals surface area (Å²) in [5.41, 5.74) is 4.18. The van der Waals surface area contributed by atoms with Gasteiger partial charge in [0.25, 0.3) is 0 Å². The molecule has 132 valence electrons. The van der Waals surface area contributed by atoms with Gasteiger partial charge in [0.1, 0.15) is 5.75 Å². The van der Waals surface area contributed by atoms with Crippen LogP contribution in [0.1, 0.15) is 44.1 Å². The second-order valence-corrected chi connectivity index (χ2v) is 8.78. The average Bonchev–Trinajstić information content (AvgIpc) is 3.08. The van der Waals surface area contributed by atoms with Gasteiger partial charge in [0.15, 0.2) is 0 Å². The van der Waals surface area contributed by atoms with Crippen LogP contribution in [0, 0.1) is 17.8 Å². The standard InChI is InChI=1S/C22H28N2O/c1-25-20-4-2-19(3-5-20)21-9-18(13-23-21)14-24-22-10-15-6-16(11-22)8-17(7-15)12-22/h2-5,9,15-17,24H,6-8,10-14H2,1H3. The fourth-order valence-corrected chi connectivity index (χ4v) is 6.14. The molecule has 6 rings (SSSR count). The average molecular weight is 336 g/mol. The molecule has 3 nitrogen and oxygen atoms in total. The van der Waals surface area contributed by atoms with E-state index in [9.17, 15) is 0 Å². The van der Waals surface area contributed by atoms with E-state index in [2.05, 4.69) is 23.5 Å². The minimum atomic E-state index is 0.443. The summed E-state index contributed by atoms with van der Waals surface area (Å²) < 4.78 is 5.24. The van der Waals surface area contributed by atoms with Gasteiger partial charge in [-0.15, -0.1) is 0 Å². The number of methoxy groups -OCH3 is 1. The van der Waals surface area contributed by atoms with Crippen LogP contribution >= 0.6 is 0 Å². The quantitative estimate of drug-likeness (QED) is 0.882. The van der Waals surface area contributed by atoms with Crippen LogP contribution in [0.3, 0.4) is 0 Å². The van der Waals surface area contributed by atoms with Gasteiger partial charge in [-0.3, -0.25) is 4.99 Å². The zero-order valence-electron chi connectivity index (χ0n) is 15.1. The molecule has 0 unspecified atom stereocenters. The van der Waals surface area contributed by atoms with Crippen molar-refractivity contribution in [3.05, 3.63) is 41.5 Å². The predicted octanol–water partition coefficient (Wildman–Crippen LogP) is 3.98. The number of aliphatic imine (C=N–C) groups is 1. The summed E-state index contributed by atoms with van der Waals surface area (Å²) in [7, 11) is 1.70. The lowest BCUT2D eigenvalue weighted by molar-refractivity contribution is -0.0182. The first kappa shape index (κ1) is 15.6. The molecule has 1 aromatic carbocycles. The van der Waals surface area contributed by atoms with Crippen molar-refractivity contribution in [1.82, 2.24) is 5.32 Å². The van der Waals surface area contributed by atoms with Gasteiger partial charge in [-0.2, -0.15) is 0 Å². The summed E-state index contributed by atoms with van der Waals surface area (Å²) in [5, 5.41) is 4.00. The first-order chi connectivity index (χ1) is 12.2. The summed E-state index contributed by atoms with van der Waals surface area (Å²) in [6.07, 6.45) is 11.1. The second kappa shape index (κ2) is 5.98. The monoisotopic (exact) mass is 336 g/mol. The zero-order valence-corrected chi connectivity index (χ0v) is 15.1. The molecule has 25 heavy (non-hydrogen) atoms. The largest absolute Gasteiger partial charge is 0.497 e. The van der Waals surface area contributed by atoms with Crippen LogP contribution < -0.4 is 10.1 Å². The summed E-state index contributed by atoms with van der Waals surface area (Å²) in [6.45, 7) is 1.86. The maximum atomic E-state index is 5.24. The number of nitrogens with zero attached hydrogens (tertiary/aromatic N) is 1. The Labute approximate surface area is 150 Å². The number of ether oxygens (including phenoxy) is 1. The van der Waals surface area contributed by atoms with Crippen molar-refractivity contribution < 1.29 is 4.74 Å². The molecule has 5 aliphatic rings. The van der Waals surface area contributed by atoms with Crippen molar-refractivity contribution in [3.8, 4) is 5.75 Å². The lowest BCUT2D eigenvalue weighted by Gasteiger charge is -2.57. The first-order valence-corrected chi connectivity index (χ1v) is 9.85. The van der Waals surface area contributed by atoms with Crippen LogP contribution in [-0.2, 0) is 0 Å². The number of allylic oxidation sites excluding steroid dienone is 1. The Hall–Kier alpha value is -1.61. The van der Waals surface area contributed by atoms with Gasteiger partial charge >= 0.3 is 0 Å². The summed E-state index contributed by atoms with van der Waals surface area (Å²) >= 11 is 0. The molecule has 0 amide bonds. The van der Waals surface area contributed by atoms with Crippen LogP contribution in [-0.4, -0.2) is 31.4 Å². The van der Waals surface area contributed by atoms with E-state index in [0.29, 0.717) is 5.54 Å². The van der Waals surface area contributed by atoms with Crippen molar-refractivity contribution in [3.63, 3.8) is 0 Å². The van der Waals surface area contributed by atoms with Crippen molar-refractivity contribution in [2.45, 2.75) is 44.1 Å². The van der Waals surface area contributed by atoms with Gasteiger partial charge in [0.2, 0.25) is 0 Å². The van der Waals surface area contributed by atoms with Gasteiger partial charge < -0.3 is 10.1 Å². The fourth-order valence-electron chi connectivity index (χ4n) is 6.14. The summed E-state index contributed by atoms with van der Waals surface area (Å²) in [5.74, 6) is 3.90. The van der Waals surface area contributed by atoms with Gasteiger partial charge in [0.05, 0.1) is 19.4 Å². The van der Waals surface area contributed by atoms with Gasteiger partial charge in [-0.25, -0.2) is 0 Å². The van der Waals surface area contributed by atoms with Crippen molar-refractivity contribution in [1.29, 1.82) is 0 Å². The third-order valence-electron chi connectivity index (χ3n) is 6.91. The molecular formula is C22H28N2O. The van der Waals surface area contributed by atoms with Crippen molar-refractivity contribution >= 4 is 5.71 Å². The Morgan fingerprint density at radius 3 is 2.28 bits per heavy atom. The molecule has 4 saturated carbocycles. The number of benzene rings is 1. The normalized spacial score (nSPS) is 35.6. The predicted molar refractivity (Wildman–Crippen MR) is 101 cm³/mol. The molecule has 1 aliphatic heterocycles. The van der Waals surface area contributed by atoms with Crippen LogP contribution in [0.25, 0.3) is 0 Å². The summed E-state index contributed by atoms with van der Waals surface area (Å²) in [6, 6.07) is 8.22. The molecular weight excluding hydrogens is 308 g/mol. The molecule has 1 N–H and O–H groups in total. The van der Waals surface area contributed by atoms with Crippen LogP contribution in [0.15, 0.2) is 40.9 Å². The highest BCUT2D eigenvalue weighted by atomic mass is 16.5. The number of rotatable bonds is 5. The van der Waals surface area contributed by atoms with Crippen LogP contribution in [0.5, 0.6) is 5.75 Å². The zero-order chi connectivity index (χ0) is 16.9. The molecule has 4 bridgehead atoms. The molecule has 0 spiro atoms. The molecule has 0 saturated heterocycles. The maximum Gasteiger partial charge on any atom is 0.118 e. The Morgan fingerprint density at radius 1 is 1.04 bits per heavy atom. The Balaban J connectivity index is 1.24. The Bertz CT molecular complexity index is 681. The topological polar surface area (TPSA) is 33.6 Å². The first-order valence-electron chi connectivity index (χ1n) is 9.85. The number of hydrogen-bond donors (Lipinski definition) is 1. The van der Waals surface area contributed by atoms with Gasteiger partial charge in [-0.05, 0) is 97.8 Å². The molecule has 0 radical (unpaired) electrons. The van der Waals surface area contributed by atoms with Gasteiger partial charge in [0, 0.05) is 12.1 Å². The van der Waals surface area contributed by atoms with Crippen LogP contribution in [0.2, 0.25) is 0 Å². The fraction of sp³-hybridized carbons (Fsp3) is 0.591. The minimum absolute atomic E-state index is 0.443. The third kappa shape index (κ3) is 2.93. The molecule has 0 aromatic heterocycles. The third-order valence-corrected chi connectivity index (χ3v) is 6.91. The number of hydrogen-bond acceptors (Lipinski definition) is 3. The summed E-state index contributed by atoms with van der Waals surface area (Å²) in [4.78, 5) is 4.75. The highest BCUT2D eigenvalue weighted by Crippen LogP contribution is 2.55. The minimum Gasteiger partial charge on any atom is -0.497 e. The Morgan fingerprint density at radius 2 is 1.68 bits per heavy atom. The van der Waals surface area contributed by atoms with E-state index in [1.165, 1.54) is 49.7 Å². The molecule has 1 aromatic rings. The van der Waals surface area contributed by atoms with Crippen molar-refractivity contribution in [2.75, 3.05) is 20.2 Å². The van der Waals surface area contributed by atoms with Gasteiger partial charge in [-0.1, -0.05) is 0 Å². The van der Waals surface area contributed by atoms with E-state index in [4.69, 9.17) is 9.73 Å². The van der Waals surface area contributed by atoms with Crippen molar-refractivity contribution in [2.24, 2.45) is 22.7 Å². The smallest absolute Gasteiger partial charge is 0.118 e. The molecule has 1 heterocycles. The maximum absolute atomic E-state index is 5.24. The molecule has 4 fully saturated rings. The molecule has 4 aliphatic carbocycles. The van der Waals surface area contributed by atoms with E-state index in [1.54, 1.807) is 7.11 Å². The number of nitrogens with one attached hydrogen (secondary N) is 1. The van der Waals surface area contributed by atoms with E-state index < -0.39 is 0 Å². The van der Waals surface area contributed by atoms with E-state index in [0.717, 1.165) is 42.3 Å². The van der Waals surface area contributed by atoms with E-state index >= 15 is 0 Å².